The molecule has 1 N–H and O–H groups in total. The van der Waals surface area contributed by atoms with Crippen LogP contribution in [0.3, 0.4) is 0 Å². The first-order chi connectivity index (χ1) is 14.7. The Hall–Kier alpha value is -3.26. The van der Waals surface area contributed by atoms with Gasteiger partial charge in [-0.15, -0.1) is 0 Å². The quantitative estimate of drug-likeness (QED) is 0.567. The Bertz CT molecular complexity index is 1200. The maximum Gasteiger partial charge on any atom is 0.132 e. The van der Waals surface area contributed by atoms with E-state index < -0.39 is 0 Å². The second-order valence-electron chi connectivity index (χ2n) is 8.25. The highest BCUT2D eigenvalue weighted by Gasteiger charge is 2.31. The van der Waals surface area contributed by atoms with Crippen molar-refractivity contribution in [3.8, 4) is 22.5 Å². The van der Waals surface area contributed by atoms with Crippen molar-refractivity contribution in [2.24, 2.45) is 7.05 Å². The van der Waals surface area contributed by atoms with Gasteiger partial charge in [-0.3, -0.25) is 14.7 Å². The van der Waals surface area contributed by atoms with Crippen molar-refractivity contribution in [2.75, 3.05) is 31.1 Å². The van der Waals surface area contributed by atoms with Gasteiger partial charge in [-0.05, 0) is 30.5 Å². The average Bonchev–Trinajstić information content (AvgIpc) is 3.41. The minimum absolute atomic E-state index is 0.831. The monoisotopic (exact) mass is 400 g/mol. The third kappa shape index (κ3) is 3.13. The SMILES string of the molecule is Cn1cc(-c2ccc3[nH]nc(-c4cc(N5CCN(C6CC6)CC5)ncn4)c3c2)cn1. The summed E-state index contributed by atoms with van der Waals surface area (Å²) in [6, 6.07) is 9.21. The van der Waals surface area contributed by atoms with Gasteiger partial charge in [0.25, 0.3) is 0 Å². The zero-order chi connectivity index (χ0) is 20.1. The van der Waals surface area contributed by atoms with Crippen LogP contribution in [0.2, 0.25) is 0 Å². The van der Waals surface area contributed by atoms with Gasteiger partial charge in [-0.2, -0.15) is 10.2 Å². The third-order valence-corrected chi connectivity index (χ3v) is 6.20. The summed E-state index contributed by atoms with van der Waals surface area (Å²) in [5.74, 6) is 0.981. The van der Waals surface area contributed by atoms with E-state index in [9.17, 15) is 0 Å². The van der Waals surface area contributed by atoms with Crippen LogP contribution in [0.5, 0.6) is 0 Å². The van der Waals surface area contributed by atoms with E-state index in [1.165, 1.54) is 12.8 Å². The molecule has 152 valence electrons. The van der Waals surface area contributed by atoms with E-state index in [-0.39, 0.29) is 0 Å². The maximum absolute atomic E-state index is 4.57. The van der Waals surface area contributed by atoms with Gasteiger partial charge in [0.15, 0.2) is 0 Å². The molecular formula is C22H24N8. The smallest absolute Gasteiger partial charge is 0.132 e. The molecule has 0 radical (unpaired) electrons. The molecule has 0 atom stereocenters. The summed E-state index contributed by atoms with van der Waals surface area (Å²) in [5.41, 5.74) is 4.90. The van der Waals surface area contributed by atoms with Crippen LogP contribution in [-0.4, -0.2) is 67.1 Å². The Morgan fingerprint density at radius 3 is 2.63 bits per heavy atom. The standard InChI is InChI=1S/C22H24N8/c1-28-13-16(12-25-28)15-2-5-19-18(10-15)22(27-26-19)20-11-21(24-14-23-20)30-8-6-29(7-9-30)17-3-4-17/h2,5,10-14,17H,3-4,6-9H2,1H3,(H,26,27). The lowest BCUT2D eigenvalue weighted by molar-refractivity contribution is 0.247. The summed E-state index contributed by atoms with van der Waals surface area (Å²) in [6.07, 6.45) is 8.29. The molecule has 3 aromatic heterocycles. The number of H-pyrrole nitrogens is 1. The number of nitrogens with zero attached hydrogens (tertiary/aromatic N) is 7. The Morgan fingerprint density at radius 2 is 1.87 bits per heavy atom. The number of nitrogens with one attached hydrogen (secondary N) is 1. The molecule has 30 heavy (non-hydrogen) atoms. The van der Waals surface area contributed by atoms with E-state index in [1.807, 2.05) is 24.1 Å². The van der Waals surface area contributed by atoms with Crippen LogP contribution >= 0.6 is 0 Å². The lowest BCUT2D eigenvalue weighted by Crippen LogP contribution is -2.47. The molecular weight excluding hydrogens is 376 g/mol. The first-order valence-corrected chi connectivity index (χ1v) is 10.5. The van der Waals surface area contributed by atoms with Crippen molar-refractivity contribution in [1.82, 2.24) is 34.8 Å². The molecule has 1 aliphatic carbocycles. The van der Waals surface area contributed by atoms with Crippen molar-refractivity contribution in [3.63, 3.8) is 0 Å². The van der Waals surface area contributed by atoms with Crippen LogP contribution < -0.4 is 4.90 Å². The van der Waals surface area contributed by atoms with E-state index in [0.717, 1.165) is 71.5 Å². The predicted octanol–water partition coefficient (Wildman–Crippen LogP) is 2.70. The largest absolute Gasteiger partial charge is 0.354 e. The number of hydrogen-bond acceptors (Lipinski definition) is 6. The summed E-state index contributed by atoms with van der Waals surface area (Å²) in [7, 11) is 1.93. The molecule has 4 heterocycles. The van der Waals surface area contributed by atoms with E-state index in [4.69, 9.17) is 0 Å². The zero-order valence-corrected chi connectivity index (χ0v) is 17.0. The number of rotatable bonds is 4. The van der Waals surface area contributed by atoms with Gasteiger partial charge in [0.1, 0.15) is 17.8 Å². The molecule has 1 aliphatic heterocycles. The average molecular weight is 400 g/mol. The highest BCUT2D eigenvalue weighted by Crippen LogP contribution is 2.31. The van der Waals surface area contributed by atoms with Crippen molar-refractivity contribution in [1.29, 1.82) is 0 Å². The van der Waals surface area contributed by atoms with E-state index in [1.54, 1.807) is 6.33 Å². The van der Waals surface area contributed by atoms with Crippen LogP contribution in [0.4, 0.5) is 5.82 Å². The zero-order valence-electron chi connectivity index (χ0n) is 17.0. The van der Waals surface area contributed by atoms with Gasteiger partial charge < -0.3 is 4.90 Å². The number of aromatic nitrogens is 6. The Morgan fingerprint density at radius 1 is 1.00 bits per heavy atom. The number of benzene rings is 1. The molecule has 1 saturated carbocycles. The lowest BCUT2D eigenvalue weighted by Gasteiger charge is -2.35. The topological polar surface area (TPSA) is 78.8 Å². The van der Waals surface area contributed by atoms with Crippen LogP contribution in [-0.2, 0) is 7.05 Å². The third-order valence-electron chi connectivity index (χ3n) is 6.20. The van der Waals surface area contributed by atoms with Crippen LogP contribution in [0, 0.1) is 0 Å². The van der Waals surface area contributed by atoms with E-state index in [0.29, 0.717) is 0 Å². The molecule has 6 rings (SSSR count). The Labute approximate surface area is 174 Å². The van der Waals surface area contributed by atoms with Crippen molar-refractivity contribution in [3.05, 3.63) is 43.0 Å². The molecule has 0 unspecified atom stereocenters. The van der Waals surface area contributed by atoms with Crippen molar-refractivity contribution >= 4 is 16.7 Å². The lowest BCUT2D eigenvalue weighted by atomic mass is 10.1. The molecule has 8 heteroatoms. The molecule has 0 bridgehead atoms. The number of hydrogen-bond donors (Lipinski definition) is 1. The number of aryl methyl sites for hydroxylation is 1. The fourth-order valence-corrected chi connectivity index (χ4v) is 4.36. The number of aromatic amines is 1. The summed E-state index contributed by atoms with van der Waals surface area (Å²) >= 11 is 0. The predicted molar refractivity (Wildman–Crippen MR) is 116 cm³/mol. The number of piperazine rings is 1. The second kappa shape index (κ2) is 6.91. The number of anilines is 1. The number of fused-ring (bicyclic) bond motifs is 1. The fourth-order valence-electron chi connectivity index (χ4n) is 4.36. The summed E-state index contributed by atoms with van der Waals surface area (Å²) in [6.45, 7) is 4.26. The first-order valence-electron chi connectivity index (χ1n) is 10.5. The molecule has 1 saturated heterocycles. The van der Waals surface area contributed by atoms with E-state index >= 15 is 0 Å². The highest BCUT2D eigenvalue weighted by molar-refractivity contribution is 5.95. The second-order valence-corrected chi connectivity index (χ2v) is 8.25. The van der Waals surface area contributed by atoms with Crippen LogP contribution in [0.1, 0.15) is 12.8 Å². The van der Waals surface area contributed by atoms with Gasteiger partial charge in [0.05, 0.1) is 17.4 Å². The Balaban J connectivity index is 1.31. The molecule has 1 aromatic carbocycles. The molecule has 4 aromatic rings. The maximum atomic E-state index is 4.57. The highest BCUT2D eigenvalue weighted by atomic mass is 15.3. The van der Waals surface area contributed by atoms with Crippen molar-refractivity contribution in [2.45, 2.75) is 18.9 Å². The normalized spacial score (nSPS) is 17.7. The van der Waals surface area contributed by atoms with Gasteiger partial charge in [0, 0.05) is 62.5 Å². The molecule has 0 amide bonds. The van der Waals surface area contributed by atoms with Gasteiger partial charge >= 0.3 is 0 Å². The molecule has 2 fully saturated rings. The summed E-state index contributed by atoms with van der Waals surface area (Å²) in [4.78, 5) is 14.1. The van der Waals surface area contributed by atoms with E-state index in [2.05, 4.69) is 59.3 Å². The van der Waals surface area contributed by atoms with Gasteiger partial charge in [-0.1, -0.05) is 6.07 Å². The molecule has 8 nitrogen and oxygen atoms in total. The van der Waals surface area contributed by atoms with Crippen LogP contribution in [0.25, 0.3) is 33.4 Å². The van der Waals surface area contributed by atoms with Gasteiger partial charge in [-0.25, -0.2) is 9.97 Å². The fraction of sp³-hybridized carbons (Fsp3) is 0.364. The Kier molecular flexibility index (Phi) is 4.05. The summed E-state index contributed by atoms with van der Waals surface area (Å²) < 4.78 is 1.81. The molecule has 0 spiro atoms. The van der Waals surface area contributed by atoms with Crippen LogP contribution in [0.15, 0.2) is 43.0 Å². The molecule has 2 aliphatic rings. The minimum atomic E-state index is 0.831. The van der Waals surface area contributed by atoms with Gasteiger partial charge in [0.2, 0.25) is 0 Å². The first kappa shape index (κ1) is 17.6. The summed E-state index contributed by atoms with van der Waals surface area (Å²) in [5, 5.41) is 13.1. The minimum Gasteiger partial charge on any atom is -0.354 e. The van der Waals surface area contributed by atoms with Crippen molar-refractivity contribution < 1.29 is 0 Å².